The van der Waals surface area contributed by atoms with Crippen LogP contribution in [0.4, 0.5) is 0 Å². The maximum Gasteiger partial charge on any atom is 0.341 e. The molecule has 0 radical (unpaired) electrons. The summed E-state index contributed by atoms with van der Waals surface area (Å²) in [4.78, 5) is 11.1. The predicted octanol–water partition coefficient (Wildman–Crippen LogP) is 5.74. The first-order valence-electron chi connectivity index (χ1n) is 8.90. The van der Waals surface area contributed by atoms with Gasteiger partial charge in [-0.05, 0) is 47.0 Å². The third-order valence-electron chi connectivity index (χ3n) is 4.80. The number of hydrogen-bond donors (Lipinski definition) is 1. The Kier molecular flexibility index (Phi) is 4.28. The van der Waals surface area contributed by atoms with Crippen LogP contribution in [0.25, 0.3) is 32.7 Å². The Morgan fingerprint density at radius 1 is 0.852 bits per heavy atom. The normalized spacial score (nSPS) is 11.0. The smallest absolute Gasteiger partial charge is 0.341 e. The summed E-state index contributed by atoms with van der Waals surface area (Å²) in [5, 5.41) is 13.5. The van der Waals surface area contributed by atoms with Gasteiger partial charge in [0.15, 0.2) is 6.61 Å². The molecule has 134 valence electrons. The number of carboxylic acids is 1. The molecule has 0 unspecified atom stereocenters. The summed E-state index contributed by atoms with van der Waals surface area (Å²) in [5.41, 5.74) is 4.32. The molecule has 1 N–H and O–H groups in total. The Balaban J connectivity index is 2.07. The zero-order chi connectivity index (χ0) is 19.0. The highest BCUT2D eigenvalue weighted by molar-refractivity contribution is 6.08. The molecule has 0 heterocycles. The molecule has 3 nitrogen and oxygen atoms in total. The van der Waals surface area contributed by atoms with E-state index < -0.39 is 5.97 Å². The van der Waals surface area contributed by atoms with Gasteiger partial charge < -0.3 is 9.84 Å². The van der Waals surface area contributed by atoms with E-state index in [2.05, 4.69) is 62.4 Å². The van der Waals surface area contributed by atoms with Crippen molar-refractivity contribution in [2.45, 2.75) is 13.8 Å². The van der Waals surface area contributed by atoms with Crippen LogP contribution >= 0.6 is 0 Å². The molecule has 0 aromatic heterocycles. The van der Waals surface area contributed by atoms with E-state index in [9.17, 15) is 4.79 Å². The van der Waals surface area contributed by atoms with Crippen LogP contribution in [0.1, 0.15) is 11.1 Å². The first-order chi connectivity index (χ1) is 13.0. The number of rotatable bonds is 4. The van der Waals surface area contributed by atoms with Gasteiger partial charge in [0.05, 0.1) is 0 Å². The van der Waals surface area contributed by atoms with Crippen LogP contribution in [-0.2, 0) is 4.79 Å². The number of aryl methyl sites for hydroxylation is 2. The molecule has 0 aliphatic carbocycles. The van der Waals surface area contributed by atoms with Crippen molar-refractivity contribution in [3.63, 3.8) is 0 Å². The van der Waals surface area contributed by atoms with Crippen LogP contribution in [0.3, 0.4) is 0 Å². The maximum atomic E-state index is 11.1. The molecule has 0 aliphatic rings. The molecule has 0 amide bonds. The van der Waals surface area contributed by atoms with Crippen molar-refractivity contribution in [3.05, 3.63) is 77.9 Å². The first-order valence-corrected chi connectivity index (χ1v) is 8.90. The fraction of sp³-hybridized carbons (Fsp3) is 0.125. The van der Waals surface area contributed by atoms with Gasteiger partial charge in [-0.3, -0.25) is 0 Å². The molecule has 0 atom stereocenters. The number of benzene rings is 4. The minimum Gasteiger partial charge on any atom is -0.481 e. The van der Waals surface area contributed by atoms with Crippen molar-refractivity contribution >= 4 is 27.5 Å². The van der Waals surface area contributed by atoms with Crippen LogP contribution in [-0.4, -0.2) is 17.7 Å². The minimum absolute atomic E-state index is 0.367. The van der Waals surface area contributed by atoms with E-state index in [0.717, 1.165) is 38.2 Å². The van der Waals surface area contributed by atoms with E-state index in [-0.39, 0.29) is 6.61 Å². The van der Waals surface area contributed by atoms with Crippen LogP contribution < -0.4 is 4.74 Å². The molecule has 0 saturated carbocycles. The van der Waals surface area contributed by atoms with Crippen LogP contribution in [0.5, 0.6) is 5.75 Å². The summed E-state index contributed by atoms with van der Waals surface area (Å²) >= 11 is 0. The predicted molar refractivity (Wildman–Crippen MR) is 109 cm³/mol. The number of aliphatic carboxylic acids is 1. The first kappa shape index (κ1) is 17.1. The van der Waals surface area contributed by atoms with Gasteiger partial charge in [0.2, 0.25) is 0 Å². The molecule has 4 rings (SSSR count). The minimum atomic E-state index is -0.987. The van der Waals surface area contributed by atoms with E-state index in [4.69, 9.17) is 9.84 Å². The van der Waals surface area contributed by atoms with Crippen molar-refractivity contribution in [2.24, 2.45) is 0 Å². The van der Waals surface area contributed by atoms with Crippen molar-refractivity contribution in [1.29, 1.82) is 0 Å². The molecule has 4 aromatic carbocycles. The van der Waals surface area contributed by atoms with E-state index in [0.29, 0.717) is 5.75 Å². The number of carboxylic acid groups (broad SMARTS) is 1. The van der Waals surface area contributed by atoms with E-state index in [1.54, 1.807) is 0 Å². The zero-order valence-electron chi connectivity index (χ0n) is 15.3. The molecular weight excluding hydrogens is 336 g/mol. The summed E-state index contributed by atoms with van der Waals surface area (Å²) in [5.74, 6) is -0.399. The van der Waals surface area contributed by atoms with Crippen molar-refractivity contribution in [2.75, 3.05) is 6.61 Å². The van der Waals surface area contributed by atoms with E-state index in [1.165, 1.54) is 5.56 Å². The number of carbonyl (C=O) groups is 1. The number of fused-ring (bicyclic) bond motifs is 2. The van der Waals surface area contributed by atoms with Gasteiger partial charge in [-0.2, -0.15) is 0 Å². The lowest BCUT2D eigenvalue weighted by Crippen LogP contribution is -2.10. The van der Waals surface area contributed by atoms with Gasteiger partial charge in [0.1, 0.15) is 5.75 Å². The highest BCUT2D eigenvalue weighted by atomic mass is 16.5. The molecule has 27 heavy (non-hydrogen) atoms. The lowest BCUT2D eigenvalue weighted by atomic mass is 9.92. The average Bonchev–Trinajstić information content (AvgIpc) is 2.65. The Morgan fingerprint density at radius 3 is 2.19 bits per heavy atom. The third-order valence-corrected chi connectivity index (χ3v) is 4.80. The molecule has 0 aliphatic heterocycles. The maximum absolute atomic E-state index is 11.1. The molecule has 4 aromatic rings. The highest BCUT2D eigenvalue weighted by Crippen LogP contribution is 2.41. The monoisotopic (exact) mass is 356 g/mol. The van der Waals surface area contributed by atoms with Gasteiger partial charge in [-0.15, -0.1) is 0 Å². The molecule has 0 spiro atoms. The summed E-state index contributed by atoms with van der Waals surface area (Å²) in [6, 6.07) is 22.7. The van der Waals surface area contributed by atoms with Gasteiger partial charge in [0, 0.05) is 5.56 Å². The van der Waals surface area contributed by atoms with Crippen LogP contribution in [0.2, 0.25) is 0 Å². The fourth-order valence-electron chi connectivity index (χ4n) is 3.56. The highest BCUT2D eigenvalue weighted by Gasteiger charge is 2.15. The summed E-state index contributed by atoms with van der Waals surface area (Å²) in [6.07, 6.45) is 0. The summed E-state index contributed by atoms with van der Waals surface area (Å²) < 4.78 is 5.68. The molecule has 0 bridgehead atoms. The largest absolute Gasteiger partial charge is 0.481 e. The van der Waals surface area contributed by atoms with Crippen molar-refractivity contribution < 1.29 is 14.6 Å². The summed E-state index contributed by atoms with van der Waals surface area (Å²) in [7, 11) is 0. The SMILES string of the molecule is Cc1ccc2cccc(-c3c(OCC(=O)O)ccc4ccc(C)cc34)c2c1. The Bertz CT molecular complexity index is 1180. The van der Waals surface area contributed by atoms with Gasteiger partial charge >= 0.3 is 5.97 Å². The second kappa shape index (κ2) is 6.76. The molecule has 0 saturated heterocycles. The van der Waals surface area contributed by atoms with Crippen LogP contribution in [0, 0.1) is 13.8 Å². The average molecular weight is 356 g/mol. The Morgan fingerprint density at radius 2 is 1.48 bits per heavy atom. The van der Waals surface area contributed by atoms with Crippen LogP contribution in [0.15, 0.2) is 66.7 Å². The van der Waals surface area contributed by atoms with Crippen molar-refractivity contribution in [1.82, 2.24) is 0 Å². The van der Waals surface area contributed by atoms with E-state index in [1.807, 2.05) is 18.2 Å². The quantitative estimate of drug-likeness (QED) is 0.507. The third kappa shape index (κ3) is 3.24. The molecule has 3 heteroatoms. The lowest BCUT2D eigenvalue weighted by Gasteiger charge is -2.16. The molecule has 0 fully saturated rings. The lowest BCUT2D eigenvalue weighted by molar-refractivity contribution is -0.139. The number of hydrogen-bond acceptors (Lipinski definition) is 2. The number of ether oxygens (including phenoxy) is 1. The fourth-order valence-corrected chi connectivity index (χ4v) is 3.56. The molecular formula is C24H20O3. The topological polar surface area (TPSA) is 46.5 Å². The van der Waals surface area contributed by atoms with Gasteiger partial charge in [-0.1, -0.05) is 71.8 Å². The second-order valence-corrected chi connectivity index (χ2v) is 6.88. The standard InChI is InChI=1S/C24H20O3/c1-15-6-8-17-4-3-5-19(20(17)12-15)24-21-13-16(2)7-9-18(21)10-11-22(24)27-14-23(25)26/h3-13H,14H2,1-2H3,(H,25,26). The van der Waals surface area contributed by atoms with Gasteiger partial charge in [0.25, 0.3) is 0 Å². The van der Waals surface area contributed by atoms with E-state index >= 15 is 0 Å². The second-order valence-electron chi connectivity index (χ2n) is 6.88. The van der Waals surface area contributed by atoms with Gasteiger partial charge in [-0.25, -0.2) is 4.79 Å². The summed E-state index contributed by atoms with van der Waals surface area (Å²) in [6.45, 7) is 3.76. The zero-order valence-corrected chi connectivity index (χ0v) is 15.3. The van der Waals surface area contributed by atoms with Crippen molar-refractivity contribution in [3.8, 4) is 16.9 Å². The Hall–Kier alpha value is -3.33. The Labute approximate surface area is 157 Å².